The highest BCUT2D eigenvalue weighted by Crippen LogP contribution is 2.21. The summed E-state index contributed by atoms with van der Waals surface area (Å²) in [5, 5.41) is 0. The molecule has 4 heteroatoms. The molecule has 1 aliphatic heterocycles. The first-order valence-electron chi connectivity index (χ1n) is 3.85. The first-order valence-corrected chi connectivity index (χ1v) is 5.24. The Morgan fingerprint density at radius 1 is 1.83 bits per heavy atom. The molecule has 68 valence electrons. The fourth-order valence-electron chi connectivity index (χ4n) is 0.889. The molecule has 0 amide bonds. The zero-order valence-electron chi connectivity index (χ0n) is 6.82. The summed E-state index contributed by atoms with van der Waals surface area (Å²) in [7, 11) is 0. The molecule has 0 bridgehead atoms. The summed E-state index contributed by atoms with van der Waals surface area (Å²) in [5.41, 5.74) is 0. The Morgan fingerprint density at radius 3 is 3.25 bits per heavy atom. The second-order valence-electron chi connectivity index (χ2n) is 2.45. The number of thiocarbonyl (C=S) groups is 1. The van der Waals surface area contributed by atoms with Crippen molar-refractivity contribution in [3.63, 3.8) is 0 Å². The van der Waals surface area contributed by atoms with Crippen molar-refractivity contribution in [1.29, 1.82) is 0 Å². The maximum absolute atomic E-state index is 5.33. The van der Waals surface area contributed by atoms with Crippen LogP contribution in [0.2, 0.25) is 0 Å². The summed E-state index contributed by atoms with van der Waals surface area (Å²) in [4.78, 5) is 0. The van der Waals surface area contributed by atoms with Crippen LogP contribution in [0.4, 0.5) is 0 Å². The van der Waals surface area contributed by atoms with Crippen molar-refractivity contribution in [3.05, 3.63) is 12.7 Å². The minimum absolute atomic E-state index is 0.257. The van der Waals surface area contributed by atoms with Gasteiger partial charge in [-0.2, -0.15) is 0 Å². The minimum Gasteiger partial charge on any atom is -0.474 e. The van der Waals surface area contributed by atoms with Crippen molar-refractivity contribution in [2.45, 2.75) is 12.5 Å². The summed E-state index contributed by atoms with van der Waals surface area (Å²) in [6.45, 7) is 4.90. The van der Waals surface area contributed by atoms with Crippen molar-refractivity contribution in [3.8, 4) is 0 Å². The Kier molecular flexibility index (Phi) is 4.65. The number of thioether (sulfide) groups is 1. The molecule has 0 N–H and O–H groups in total. The van der Waals surface area contributed by atoms with Gasteiger partial charge in [-0.05, 0) is 12.2 Å². The Balaban J connectivity index is 2.00. The topological polar surface area (TPSA) is 18.5 Å². The zero-order chi connectivity index (χ0) is 8.81. The predicted molar refractivity (Wildman–Crippen MR) is 55.6 cm³/mol. The van der Waals surface area contributed by atoms with Crippen molar-refractivity contribution >= 4 is 28.4 Å². The second-order valence-corrected chi connectivity index (χ2v) is 4.08. The van der Waals surface area contributed by atoms with Gasteiger partial charge < -0.3 is 9.47 Å². The fourth-order valence-corrected chi connectivity index (χ4v) is 1.99. The monoisotopic (exact) mass is 204 g/mol. The Labute approximate surface area is 82.3 Å². The Bertz CT molecular complexity index is 170. The molecule has 0 aromatic carbocycles. The van der Waals surface area contributed by atoms with Gasteiger partial charge >= 0.3 is 0 Å². The summed E-state index contributed by atoms with van der Waals surface area (Å²) in [6, 6.07) is 0. The zero-order valence-corrected chi connectivity index (χ0v) is 8.46. The lowest BCUT2D eigenvalue weighted by atomic mass is 10.3. The van der Waals surface area contributed by atoms with Gasteiger partial charge in [-0.15, -0.1) is 6.58 Å². The molecule has 1 aliphatic rings. The van der Waals surface area contributed by atoms with Crippen LogP contribution in [0.5, 0.6) is 0 Å². The van der Waals surface area contributed by atoms with Crippen LogP contribution in [0.1, 0.15) is 6.42 Å². The van der Waals surface area contributed by atoms with E-state index in [9.17, 15) is 0 Å². The standard InChI is InChI=1S/C8H12O2S2/c1-2-4-9-5-3-7-6-12-8(11)10-7/h2,7H,1,3-6H2. The van der Waals surface area contributed by atoms with E-state index in [2.05, 4.69) is 6.58 Å². The molecule has 1 atom stereocenters. The van der Waals surface area contributed by atoms with Gasteiger partial charge in [0, 0.05) is 12.2 Å². The van der Waals surface area contributed by atoms with E-state index in [1.54, 1.807) is 17.8 Å². The molecule has 1 unspecified atom stereocenters. The van der Waals surface area contributed by atoms with Crippen LogP contribution in [0.15, 0.2) is 12.7 Å². The summed E-state index contributed by atoms with van der Waals surface area (Å²) in [5.74, 6) is 0.969. The first kappa shape index (κ1) is 10.0. The number of hydrogen-bond acceptors (Lipinski definition) is 4. The van der Waals surface area contributed by atoms with E-state index in [1.165, 1.54) is 0 Å². The van der Waals surface area contributed by atoms with Crippen molar-refractivity contribution in [2.24, 2.45) is 0 Å². The third-order valence-corrected chi connectivity index (χ3v) is 2.79. The fraction of sp³-hybridized carbons (Fsp3) is 0.625. The Morgan fingerprint density at radius 2 is 2.67 bits per heavy atom. The summed E-state index contributed by atoms with van der Waals surface area (Å²) in [6.07, 6.45) is 2.92. The molecular weight excluding hydrogens is 192 g/mol. The van der Waals surface area contributed by atoms with E-state index in [-0.39, 0.29) is 6.10 Å². The van der Waals surface area contributed by atoms with Crippen molar-refractivity contribution in [1.82, 2.24) is 0 Å². The van der Waals surface area contributed by atoms with Crippen LogP contribution in [-0.2, 0) is 9.47 Å². The lowest BCUT2D eigenvalue weighted by Crippen LogP contribution is -2.12. The molecular formula is C8H12O2S2. The van der Waals surface area contributed by atoms with Gasteiger partial charge in [-0.3, -0.25) is 0 Å². The largest absolute Gasteiger partial charge is 0.474 e. The third kappa shape index (κ3) is 3.56. The molecule has 1 heterocycles. The molecule has 0 radical (unpaired) electrons. The number of hydrogen-bond donors (Lipinski definition) is 0. The highest BCUT2D eigenvalue weighted by molar-refractivity contribution is 8.22. The number of rotatable bonds is 5. The first-order chi connectivity index (χ1) is 5.83. The van der Waals surface area contributed by atoms with Crippen LogP contribution in [-0.4, -0.2) is 29.5 Å². The summed E-state index contributed by atoms with van der Waals surface area (Å²) < 4.78 is 11.2. The van der Waals surface area contributed by atoms with E-state index in [1.807, 2.05) is 0 Å². The average molecular weight is 204 g/mol. The number of ether oxygens (including phenoxy) is 2. The predicted octanol–water partition coefficient (Wildman–Crippen LogP) is 2.00. The Hall–Kier alpha value is -0.0600. The van der Waals surface area contributed by atoms with Gasteiger partial charge in [0.25, 0.3) is 0 Å². The SMILES string of the molecule is C=CCOCCC1CSC(=S)O1. The highest BCUT2D eigenvalue weighted by Gasteiger charge is 2.20. The van der Waals surface area contributed by atoms with Crippen LogP contribution in [0.25, 0.3) is 0 Å². The van der Waals surface area contributed by atoms with E-state index in [0.29, 0.717) is 11.0 Å². The molecule has 0 aliphatic carbocycles. The molecule has 2 nitrogen and oxygen atoms in total. The quantitative estimate of drug-likeness (QED) is 0.387. The van der Waals surface area contributed by atoms with E-state index < -0.39 is 0 Å². The maximum atomic E-state index is 5.33. The van der Waals surface area contributed by atoms with Gasteiger partial charge in [0.15, 0.2) is 0 Å². The maximum Gasteiger partial charge on any atom is 0.220 e. The van der Waals surface area contributed by atoms with Crippen molar-refractivity contribution in [2.75, 3.05) is 19.0 Å². The van der Waals surface area contributed by atoms with Gasteiger partial charge in [-0.25, -0.2) is 0 Å². The molecule has 1 saturated heterocycles. The highest BCUT2D eigenvalue weighted by atomic mass is 32.2. The molecule has 1 rings (SSSR count). The van der Waals surface area contributed by atoms with Gasteiger partial charge in [0.2, 0.25) is 4.38 Å². The lowest BCUT2D eigenvalue weighted by Gasteiger charge is -2.07. The van der Waals surface area contributed by atoms with Crippen LogP contribution in [0, 0.1) is 0 Å². The average Bonchev–Trinajstić information content (AvgIpc) is 2.45. The van der Waals surface area contributed by atoms with E-state index in [4.69, 9.17) is 21.7 Å². The molecule has 12 heavy (non-hydrogen) atoms. The summed E-state index contributed by atoms with van der Waals surface area (Å²) >= 11 is 6.48. The van der Waals surface area contributed by atoms with Gasteiger partial charge in [0.05, 0.1) is 13.2 Å². The molecule has 0 spiro atoms. The molecule has 0 aromatic rings. The van der Waals surface area contributed by atoms with Gasteiger partial charge in [0.1, 0.15) is 6.10 Å². The van der Waals surface area contributed by atoms with Crippen LogP contribution >= 0.6 is 24.0 Å². The van der Waals surface area contributed by atoms with Gasteiger partial charge in [-0.1, -0.05) is 17.8 Å². The lowest BCUT2D eigenvalue weighted by molar-refractivity contribution is 0.119. The van der Waals surface area contributed by atoms with Crippen molar-refractivity contribution < 1.29 is 9.47 Å². The van der Waals surface area contributed by atoms with Crippen LogP contribution in [0.3, 0.4) is 0 Å². The third-order valence-electron chi connectivity index (χ3n) is 1.47. The molecule has 0 aromatic heterocycles. The van der Waals surface area contributed by atoms with E-state index in [0.717, 1.165) is 18.8 Å². The molecule has 0 saturated carbocycles. The normalized spacial score (nSPS) is 22.3. The smallest absolute Gasteiger partial charge is 0.220 e. The second kappa shape index (κ2) is 5.56. The molecule has 1 fully saturated rings. The van der Waals surface area contributed by atoms with E-state index >= 15 is 0 Å². The minimum atomic E-state index is 0.257. The van der Waals surface area contributed by atoms with Crippen LogP contribution < -0.4 is 0 Å².